The molecule has 5 heteroatoms. The van der Waals surface area contributed by atoms with Crippen LogP contribution in [0, 0.1) is 11.8 Å². The van der Waals surface area contributed by atoms with E-state index in [9.17, 15) is 10.1 Å². The summed E-state index contributed by atoms with van der Waals surface area (Å²) in [5.74, 6) is -0.0622. The van der Waals surface area contributed by atoms with Gasteiger partial charge in [0.25, 0.3) is 0 Å². The highest BCUT2D eigenvalue weighted by molar-refractivity contribution is 5.73. The van der Waals surface area contributed by atoms with Gasteiger partial charge in [-0.25, -0.2) is 4.89 Å². The quantitative estimate of drug-likeness (QED) is 0.0607. The van der Waals surface area contributed by atoms with Gasteiger partial charge in [-0.2, -0.15) is 0 Å². The number of unbranched alkanes of at least 4 members (excludes halogenated alkanes) is 12. The van der Waals surface area contributed by atoms with E-state index in [1.807, 2.05) is 0 Å². The third kappa shape index (κ3) is 15.8. The molecular formula is C33H62O5. The van der Waals surface area contributed by atoms with Gasteiger partial charge in [0.1, 0.15) is 12.7 Å². The number of ether oxygens (including phenoxy) is 2. The number of esters is 1. The van der Waals surface area contributed by atoms with Crippen molar-refractivity contribution < 1.29 is 24.4 Å². The summed E-state index contributed by atoms with van der Waals surface area (Å²) in [5.41, 5.74) is 0. The maximum Gasteiger partial charge on any atom is 0.311 e. The van der Waals surface area contributed by atoms with E-state index in [2.05, 4.69) is 6.92 Å². The maximum absolute atomic E-state index is 13.1. The zero-order valence-corrected chi connectivity index (χ0v) is 25.0. The van der Waals surface area contributed by atoms with Crippen LogP contribution < -0.4 is 0 Å². The van der Waals surface area contributed by atoms with Crippen LogP contribution in [-0.4, -0.2) is 36.6 Å². The van der Waals surface area contributed by atoms with Crippen LogP contribution >= 0.6 is 0 Å². The van der Waals surface area contributed by atoms with Crippen molar-refractivity contribution in [1.29, 1.82) is 0 Å². The summed E-state index contributed by atoms with van der Waals surface area (Å²) in [6.07, 6.45) is 30.5. The van der Waals surface area contributed by atoms with Gasteiger partial charge >= 0.3 is 5.97 Å². The van der Waals surface area contributed by atoms with Crippen molar-refractivity contribution in [2.24, 2.45) is 11.8 Å². The predicted octanol–water partition coefficient (Wildman–Crippen LogP) is 9.80. The van der Waals surface area contributed by atoms with Crippen molar-refractivity contribution in [1.82, 2.24) is 0 Å². The van der Waals surface area contributed by atoms with Gasteiger partial charge in [-0.05, 0) is 31.6 Å². The molecule has 1 N–H and O–H groups in total. The van der Waals surface area contributed by atoms with Gasteiger partial charge in [0.15, 0.2) is 0 Å². The highest BCUT2D eigenvalue weighted by Gasteiger charge is 2.33. The van der Waals surface area contributed by atoms with Gasteiger partial charge in [0.05, 0.1) is 18.6 Å². The lowest BCUT2D eigenvalue weighted by molar-refractivity contribution is -0.294. The molecule has 0 spiro atoms. The fourth-order valence-corrected chi connectivity index (χ4v) is 6.57. The molecule has 2 aliphatic rings. The standard InChI is InChI=1S/C33H62O5/c1-2-3-4-5-6-7-8-9-10-11-12-13-20-25-31(32(38-35)28-29-21-16-14-17-22-29)33(34)37-27-26-36-30-23-18-15-19-24-30/h29-32,35H,2-28H2,1H3. The number of carbonyl (C=O) groups is 1. The van der Waals surface area contributed by atoms with E-state index in [-0.39, 0.29) is 11.9 Å². The van der Waals surface area contributed by atoms with Crippen LogP contribution in [0.3, 0.4) is 0 Å². The minimum atomic E-state index is -0.456. The van der Waals surface area contributed by atoms with E-state index in [1.165, 1.54) is 122 Å². The molecule has 0 heterocycles. The summed E-state index contributed by atoms with van der Waals surface area (Å²) < 4.78 is 11.6. The lowest BCUT2D eigenvalue weighted by atomic mass is 9.81. The van der Waals surface area contributed by atoms with Crippen LogP contribution in [-0.2, 0) is 19.2 Å². The Morgan fingerprint density at radius 1 is 0.711 bits per heavy atom. The molecule has 38 heavy (non-hydrogen) atoms. The molecule has 2 atom stereocenters. The Balaban J connectivity index is 1.65. The summed E-state index contributed by atoms with van der Waals surface area (Å²) in [6, 6.07) is 0. The Hall–Kier alpha value is -0.650. The van der Waals surface area contributed by atoms with Crippen molar-refractivity contribution in [3.05, 3.63) is 0 Å². The topological polar surface area (TPSA) is 65.0 Å². The fourth-order valence-electron chi connectivity index (χ4n) is 6.57. The van der Waals surface area contributed by atoms with Crippen LogP contribution in [0.4, 0.5) is 0 Å². The first-order valence-corrected chi connectivity index (χ1v) is 16.8. The minimum absolute atomic E-state index is 0.217. The van der Waals surface area contributed by atoms with Crippen LogP contribution in [0.15, 0.2) is 0 Å². The zero-order valence-electron chi connectivity index (χ0n) is 25.0. The van der Waals surface area contributed by atoms with Gasteiger partial charge in [-0.15, -0.1) is 0 Å². The van der Waals surface area contributed by atoms with Gasteiger partial charge in [0.2, 0.25) is 0 Å². The third-order valence-corrected chi connectivity index (χ3v) is 9.03. The molecule has 0 aromatic carbocycles. The SMILES string of the molecule is CCCCCCCCCCCCCCCC(C(=O)OCCOC1CCCCC1)C(CC1CCCCC1)OO. The summed E-state index contributed by atoms with van der Waals surface area (Å²) in [4.78, 5) is 18.1. The minimum Gasteiger partial charge on any atom is -0.463 e. The van der Waals surface area contributed by atoms with Crippen molar-refractivity contribution in [2.75, 3.05) is 13.2 Å². The molecule has 0 aliphatic heterocycles. The van der Waals surface area contributed by atoms with E-state index >= 15 is 0 Å². The molecule has 2 rings (SSSR count). The Kier molecular flexibility index (Phi) is 20.4. The number of hydrogen-bond donors (Lipinski definition) is 1. The largest absolute Gasteiger partial charge is 0.463 e. The Morgan fingerprint density at radius 3 is 1.79 bits per heavy atom. The summed E-state index contributed by atoms with van der Waals surface area (Å²) in [7, 11) is 0. The molecule has 224 valence electrons. The zero-order chi connectivity index (χ0) is 27.1. The second kappa shape index (κ2) is 23.1. The monoisotopic (exact) mass is 538 g/mol. The Morgan fingerprint density at radius 2 is 1.24 bits per heavy atom. The van der Waals surface area contributed by atoms with E-state index < -0.39 is 6.10 Å². The second-order valence-electron chi connectivity index (χ2n) is 12.3. The van der Waals surface area contributed by atoms with E-state index in [0.29, 0.717) is 25.2 Å². The predicted molar refractivity (Wildman–Crippen MR) is 156 cm³/mol. The Labute approximate surface area is 235 Å². The van der Waals surface area contributed by atoms with Crippen LogP contribution in [0.5, 0.6) is 0 Å². The highest BCUT2D eigenvalue weighted by atomic mass is 17.1. The molecule has 2 saturated carbocycles. The number of carbonyl (C=O) groups excluding carboxylic acids is 1. The highest BCUT2D eigenvalue weighted by Crippen LogP contribution is 2.32. The van der Waals surface area contributed by atoms with E-state index in [0.717, 1.165) is 38.5 Å². The van der Waals surface area contributed by atoms with Crippen molar-refractivity contribution in [2.45, 2.75) is 180 Å². The van der Waals surface area contributed by atoms with Crippen LogP contribution in [0.25, 0.3) is 0 Å². The molecule has 0 saturated heterocycles. The van der Waals surface area contributed by atoms with E-state index in [4.69, 9.17) is 14.4 Å². The van der Waals surface area contributed by atoms with Crippen molar-refractivity contribution in [3.63, 3.8) is 0 Å². The Bertz CT molecular complexity index is 542. The molecule has 0 radical (unpaired) electrons. The lowest BCUT2D eigenvalue weighted by Gasteiger charge is -2.29. The molecular weight excluding hydrogens is 476 g/mol. The second-order valence-corrected chi connectivity index (χ2v) is 12.3. The van der Waals surface area contributed by atoms with Gasteiger partial charge in [-0.1, -0.05) is 142 Å². The number of rotatable bonds is 23. The van der Waals surface area contributed by atoms with E-state index in [1.54, 1.807) is 0 Å². The molecule has 5 nitrogen and oxygen atoms in total. The van der Waals surface area contributed by atoms with Crippen molar-refractivity contribution >= 4 is 5.97 Å². The smallest absolute Gasteiger partial charge is 0.311 e. The normalized spacial score (nSPS) is 18.9. The lowest BCUT2D eigenvalue weighted by Crippen LogP contribution is -2.34. The first-order chi connectivity index (χ1) is 18.7. The maximum atomic E-state index is 13.1. The molecule has 2 fully saturated rings. The average molecular weight is 539 g/mol. The molecule has 2 aliphatic carbocycles. The summed E-state index contributed by atoms with van der Waals surface area (Å²) >= 11 is 0. The fraction of sp³-hybridized carbons (Fsp3) is 0.970. The first-order valence-electron chi connectivity index (χ1n) is 16.8. The molecule has 2 unspecified atom stereocenters. The first kappa shape index (κ1) is 33.6. The van der Waals surface area contributed by atoms with Crippen LogP contribution in [0.1, 0.15) is 167 Å². The summed E-state index contributed by atoms with van der Waals surface area (Å²) in [6.45, 7) is 3.04. The van der Waals surface area contributed by atoms with Gasteiger partial charge < -0.3 is 9.47 Å². The molecule has 0 aromatic rings. The molecule has 0 amide bonds. The third-order valence-electron chi connectivity index (χ3n) is 9.03. The summed E-state index contributed by atoms with van der Waals surface area (Å²) in [5, 5.41) is 9.79. The average Bonchev–Trinajstić information content (AvgIpc) is 2.95. The number of hydrogen-bond acceptors (Lipinski definition) is 5. The molecule has 0 bridgehead atoms. The van der Waals surface area contributed by atoms with Gasteiger partial charge in [-0.3, -0.25) is 10.1 Å². The van der Waals surface area contributed by atoms with Gasteiger partial charge in [0, 0.05) is 0 Å². The molecule has 0 aromatic heterocycles. The van der Waals surface area contributed by atoms with Crippen LogP contribution in [0.2, 0.25) is 0 Å². The van der Waals surface area contributed by atoms with Crippen molar-refractivity contribution in [3.8, 4) is 0 Å².